The van der Waals surface area contributed by atoms with Crippen LogP contribution in [0.25, 0.3) is 0 Å². The molecule has 3 aliphatic heterocycles. The summed E-state index contributed by atoms with van der Waals surface area (Å²) in [6.45, 7) is 2.50. The first kappa shape index (κ1) is 21.9. The van der Waals surface area contributed by atoms with Gasteiger partial charge in [0.05, 0.1) is 0 Å². The number of carbonyl (C=O) groups is 2. The molecule has 2 saturated heterocycles. The molecule has 0 aromatic heterocycles. The number of carbonyl (C=O) groups excluding carboxylic acids is 2. The first-order chi connectivity index (χ1) is 13.2. The van der Waals surface area contributed by atoms with E-state index in [2.05, 4.69) is 23.4 Å². The first-order valence-corrected chi connectivity index (χ1v) is 10.2. The minimum atomic E-state index is -0.703. The Labute approximate surface area is 179 Å². The molecule has 4 unspecified atom stereocenters. The van der Waals surface area contributed by atoms with Gasteiger partial charge in [-0.05, 0) is 26.8 Å². The second-order valence-corrected chi connectivity index (χ2v) is 9.23. The molecule has 0 aliphatic carbocycles. The molecule has 0 spiro atoms. The Morgan fingerprint density at radius 3 is 2.34 bits per heavy atom. The maximum Gasteiger partial charge on any atom is 0.356 e. The van der Waals surface area contributed by atoms with Crippen molar-refractivity contribution in [3.63, 3.8) is 0 Å². The standard InChI is InChI=1S/C21H31N5O2.ClH/c1-21(19(27)24(2)3)13-26(23-20(22)28,18-8-6-5-7-17(18)21)16-11-14-9-10-15(12-16)25(14)4;/h5-8,14-16H,9-13H2,1-4H3,(H2-,22,23,28);1H/p+1. The van der Waals surface area contributed by atoms with Gasteiger partial charge < -0.3 is 10.6 Å². The summed E-state index contributed by atoms with van der Waals surface area (Å²) in [5.41, 5.74) is 10.1. The van der Waals surface area contributed by atoms with Gasteiger partial charge in [0.25, 0.3) is 0 Å². The number of benzene rings is 1. The summed E-state index contributed by atoms with van der Waals surface area (Å²) in [5, 5.41) is 0. The van der Waals surface area contributed by atoms with Gasteiger partial charge in [-0.15, -0.1) is 12.4 Å². The summed E-state index contributed by atoms with van der Waals surface area (Å²) in [7, 11) is 5.79. The summed E-state index contributed by atoms with van der Waals surface area (Å²) in [6.07, 6.45) is 4.38. The summed E-state index contributed by atoms with van der Waals surface area (Å²) in [6, 6.07) is 8.77. The van der Waals surface area contributed by atoms with E-state index in [1.165, 1.54) is 12.8 Å². The van der Waals surface area contributed by atoms with Crippen molar-refractivity contribution in [1.29, 1.82) is 0 Å². The van der Waals surface area contributed by atoms with Crippen molar-refractivity contribution >= 4 is 30.0 Å². The van der Waals surface area contributed by atoms with E-state index in [0.29, 0.717) is 18.6 Å². The highest BCUT2D eigenvalue weighted by atomic mass is 35.5. The number of para-hydroxylation sites is 1. The van der Waals surface area contributed by atoms with Crippen LogP contribution in [0.4, 0.5) is 10.5 Å². The van der Waals surface area contributed by atoms with Crippen LogP contribution in [0.2, 0.25) is 0 Å². The van der Waals surface area contributed by atoms with Crippen molar-refractivity contribution in [2.24, 2.45) is 5.73 Å². The van der Waals surface area contributed by atoms with Gasteiger partial charge in [-0.3, -0.25) is 9.69 Å². The van der Waals surface area contributed by atoms with Gasteiger partial charge in [-0.2, -0.15) is 10.0 Å². The molecule has 3 aliphatic rings. The number of urea groups is 1. The highest BCUT2D eigenvalue weighted by Crippen LogP contribution is 2.50. The van der Waals surface area contributed by atoms with E-state index in [4.69, 9.17) is 5.73 Å². The molecule has 4 atom stereocenters. The number of likely N-dealkylation sites (N-methyl/N-ethyl adjacent to an activating group) is 1. The van der Waals surface area contributed by atoms with Crippen molar-refractivity contribution in [1.82, 2.24) is 19.8 Å². The van der Waals surface area contributed by atoms with Crippen LogP contribution in [0.1, 0.15) is 38.2 Å². The minimum absolute atomic E-state index is 0. The summed E-state index contributed by atoms with van der Waals surface area (Å²) in [5.74, 6) is 0.0575. The number of primary amides is 1. The average molecular weight is 423 g/mol. The summed E-state index contributed by atoms with van der Waals surface area (Å²) in [4.78, 5) is 29.5. The lowest BCUT2D eigenvalue weighted by Crippen LogP contribution is -2.71. The molecule has 4 rings (SSSR count). The molecular weight excluding hydrogens is 390 g/mol. The van der Waals surface area contributed by atoms with Crippen LogP contribution < -0.4 is 15.8 Å². The Hall–Kier alpha value is -1.83. The maximum absolute atomic E-state index is 13.2. The number of halogens is 1. The molecule has 3 N–H and O–H groups in total. The number of rotatable bonds is 3. The van der Waals surface area contributed by atoms with E-state index >= 15 is 0 Å². The number of quaternary nitrogens is 1. The summed E-state index contributed by atoms with van der Waals surface area (Å²) >= 11 is 0. The summed E-state index contributed by atoms with van der Waals surface area (Å²) < 4.78 is 0.280. The predicted molar refractivity (Wildman–Crippen MR) is 117 cm³/mol. The molecule has 1 aromatic carbocycles. The molecule has 3 amide bonds. The Bertz CT molecular complexity index is 804. The quantitative estimate of drug-likeness (QED) is 0.731. The zero-order chi connectivity index (χ0) is 20.3. The Kier molecular flexibility index (Phi) is 5.62. The largest absolute Gasteiger partial charge is 0.356 e. The number of nitrogens with zero attached hydrogens (tertiary/aromatic N) is 3. The highest BCUT2D eigenvalue weighted by molar-refractivity contribution is 5.92. The van der Waals surface area contributed by atoms with Gasteiger partial charge >= 0.3 is 6.03 Å². The fourth-order valence-corrected chi connectivity index (χ4v) is 6.09. The number of hydrogen-bond acceptors (Lipinski definition) is 3. The SMILES string of the molecule is CN(C)C(=O)C1(C)C[N+](NC(N)=O)(C2CC3CCC(C2)N3C)c2ccccc21.Cl. The molecule has 2 fully saturated rings. The van der Waals surface area contributed by atoms with Crippen LogP contribution in [0.15, 0.2) is 24.3 Å². The third-order valence-electron chi connectivity index (χ3n) is 7.38. The van der Waals surface area contributed by atoms with E-state index in [9.17, 15) is 9.59 Å². The number of fused-ring (bicyclic) bond motifs is 3. The normalized spacial score (nSPS) is 35.5. The van der Waals surface area contributed by atoms with Crippen LogP contribution in [-0.2, 0) is 10.2 Å². The number of amides is 3. The zero-order valence-electron chi connectivity index (χ0n) is 17.7. The van der Waals surface area contributed by atoms with Crippen LogP contribution in [0, 0.1) is 0 Å². The predicted octanol–water partition coefficient (Wildman–Crippen LogP) is 1.98. The lowest BCUT2D eigenvalue weighted by molar-refractivity contribution is -0.134. The molecular formula is C21H33ClN5O2+. The van der Waals surface area contributed by atoms with Crippen molar-refractivity contribution in [3.8, 4) is 0 Å². The molecule has 8 heteroatoms. The topological polar surface area (TPSA) is 78.7 Å². The zero-order valence-corrected chi connectivity index (χ0v) is 18.5. The number of nitrogens with two attached hydrogens (primary N) is 1. The Balaban J connectivity index is 0.00000240. The minimum Gasteiger partial charge on any atom is -0.348 e. The first-order valence-electron chi connectivity index (χ1n) is 10.2. The van der Waals surface area contributed by atoms with Crippen molar-refractivity contribution < 1.29 is 9.59 Å². The Morgan fingerprint density at radius 1 is 1.21 bits per heavy atom. The van der Waals surface area contributed by atoms with Crippen molar-refractivity contribution in [2.75, 3.05) is 27.7 Å². The lowest BCUT2D eigenvalue weighted by Gasteiger charge is -2.46. The third-order valence-corrected chi connectivity index (χ3v) is 7.38. The molecule has 0 saturated carbocycles. The van der Waals surface area contributed by atoms with E-state index in [1.54, 1.807) is 19.0 Å². The van der Waals surface area contributed by atoms with Gasteiger partial charge in [0, 0.05) is 50.7 Å². The smallest absolute Gasteiger partial charge is 0.348 e. The average Bonchev–Trinajstić information content (AvgIpc) is 3.00. The van der Waals surface area contributed by atoms with E-state index in [-0.39, 0.29) is 28.9 Å². The van der Waals surface area contributed by atoms with Crippen LogP contribution in [0.3, 0.4) is 0 Å². The highest BCUT2D eigenvalue weighted by Gasteiger charge is 2.61. The van der Waals surface area contributed by atoms with Gasteiger partial charge in [-0.25, -0.2) is 4.79 Å². The van der Waals surface area contributed by atoms with Gasteiger partial charge in [-0.1, -0.05) is 18.2 Å². The monoisotopic (exact) mass is 422 g/mol. The number of piperidine rings is 1. The molecule has 29 heavy (non-hydrogen) atoms. The third kappa shape index (κ3) is 3.20. The van der Waals surface area contributed by atoms with Gasteiger partial charge in [0.15, 0.2) is 5.69 Å². The Morgan fingerprint density at radius 2 is 1.79 bits per heavy atom. The molecule has 7 nitrogen and oxygen atoms in total. The molecule has 0 radical (unpaired) electrons. The van der Waals surface area contributed by atoms with Crippen molar-refractivity contribution in [3.05, 3.63) is 29.8 Å². The van der Waals surface area contributed by atoms with Crippen LogP contribution in [0.5, 0.6) is 0 Å². The van der Waals surface area contributed by atoms with Crippen LogP contribution in [-0.4, -0.2) is 67.6 Å². The number of hydrogen-bond donors (Lipinski definition) is 2. The maximum atomic E-state index is 13.2. The lowest BCUT2D eigenvalue weighted by atomic mass is 9.83. The molecule has 3 heterocycles. The van der Waals surface area contributed by atoms with Gasteiger partial charge in [0.2, 0.25) is 5.91 Å². The fourth-order valence-electron chi connectivity index (χ4n) is 6.09. The fraction of sp³-hybridized carbons (Fsp3) is 0.619. The van der Waals surface area contributed by atoms with E-state index < -0.39 is 11.4 Å². The van der Waals surface area contributed by atoms with Crippen molar-refractivity contribution in [2.45, 2.75) is 56.1 Å². The van der Waals surface area contributed by atoms with E-state index in [0.717, 1.165) is 24.1 Å². The second-order valence-electron chi connectivity index (χ2n) is 9.23. The van der Waals surface area contributed by atoms with E-state index in [1.807, 2.05) is 25.1 Å². The van der Waals surface area contributed by atoms with Gasteiger partial charge in [0.1, 0.15) is 18.0 Å². The second kappa shape index (κ2) is 7.45. The van der Waals surface area contributed by atoms with Crippen LogP contribution >= 0.6 is 12.4 Å². The molecule has 2 bridgehead atoms. The molecule has 1 aromatic rings. The number of nitrogens with one attached hydrogen (secondary N) is 1. The molecule has 160 valence electrons.